The summed E-state index contributed by atoms with van der Waals surface area (Å²) in [5.41, 5.74) is 4.31. The molecule has 4 aromatic rings. The van der Waals surface area contributed by atoms with E-state index in [0.717, 1.165) is 17.7 Å². The Hall–Kier alpha value is -1.53. The van der Waals surface area contributed by atoms with E-state index in [9.17, 15) is 4.79 Å². The van der Waals surface area contributed by atoms with Gasteiger partial charge in [0, 0.05) is 35.7 Å². The van der Waals surface area contributed by atoms with Crippen LogP contribution in [0.3, 0.4) is 0 Å². The van der Waals surface area contributed by atoms with E-state index in [2.05, 4.69) is 49.6 Å². The molecule has 0 saturated carbocycles. The Kier molecular flexibility index (Phi) is 11.3. The number of hydrogen-bond acceptors (Lipinski definition) is 5. The van der Waals surface area contributed by atoms with Gasteiger partial charge in [0.1, 0.15) is 0 Å². The van der Waals surface area contributed by atoms with Gasteiger partial charge in [-0.25, -0.2) is 0 Å². The lowest BCUT2D eigenvalue weighted by molar-refractivity contribution is 0.0998. The molecule has 214 valence electrons. The predicted molar refractivity (Wildman–Crippen MR) is 181 cm³/mol. The Morgan fingerprint density at radius 3 is 1.88 bits per heavy atom. The maximum atomic E-state index is 12.3. The van der Waals surface area contributed by atoms with Crippen molar-refractivity contribution < 1.29 is 4.79 Å². The van der Waals surface area contributed by atoms with Gasteiger partial charge in [-0.3, -0.25) is 4.79 Å². The molecular weight excluding hydrogens is 565 g/mol. The molecule has 0 aliphatic heterocycles. The first-order valence-electron chi connectivity index (χ1n) is 15.6. The van der Waals surface area contributed by atoms with Crippen LogP contribution in [0.2, 0.25) is 0 Å². The summed E-state index contributed by atoms with van der Waals surface area (Å²) in [6.07, 6.45) is 20.0. The Labute approximate surface area is 257 Å². The SMILES string of the molecule is CCCCCCCCc1ccsc1-c1ccc(-c2sc(-c3cc4c(s3)C(=O)CC4)cc2CCCCCCCC)s1. The molecule has 1 aliphatic rings. The van der Waals surface area contributed by atoms with Crippen molar-refractivity contribution in [2.24, 2.45) is 0 Å². The predicted octanol–water partition coefficient (Wildman–Crippen LogP) is 12.9. The lowest BCUT2D eigenvalue weighted by atomic mass is 10.0. The average Bonchev–Trinajstić information content (AvgIpc) is 3.78. The zero-order chi connectivity index (χ0) is 27.7. The number of carbonyl (C=O) groups excluding carboxylic acids is 1. The van der Waals surface area contributed by atoms with Crippen molar-refractivity contribution in [3.63, 3.8) is 0 Å². The molecule has 0 fully saturated rings. The summed E-state index contributed by atoms with van der Waals surface area (Å²) >= 11 is 7.55. The maximum absolute atomic E-state index is 12.3. The van der Waals surface area contributed by atoms with Crippen molar-refractivity contribution in [1.29, 1.82) is 0 Å². The normalized spacial score (nSPS) is 13.0. The fourth-order valence-corrected chi connectivity index (χ4v) is 10.5. The van der Waals surface area contributed by atoms with E-state index < -0.39 is 0 Å². The first-order chi connectivity index (χ1) is 19.7. The first-order valence-corrected chi connectivity index (χ1v) is 19.0. The zero-order valence-electron chi connectivity index (χ0n) is 24.3. The molecule has 0 N–H and O–H groups in total. The molecule has 0 bridgehead atoms. The number of aryl methyl sites for hydroxylation is 3. The Balaban J connectivity index is 1.33. The number of thiophene rings is 4. The van der Waals surface area contributed by atoms with Gasteiger partial charge < -0.3 is 0 Å². The second-order valence-corrected chi connectivity index (χ2v) is 15.4. The topological polar surface area (TPSA) is 17.1 Å². The van der Waals surface area contributed by atoms with Crippen molar-refractivity contribution >= 4 is 51.1 Å². The Morgan fingerprint density at radius 1 is 0.575 bits per heavy atom. The molecule has 0 amide bonds. The quantitative estimate of drug-likeness (QED) is 0.109. The van der Waals surface area contributed by atoms with E-state index in [1.807, 2.05) is 34.0 Å². The van der Waals surface area contributed by atoms with Crippen molar-refractivity contribution in [1.82, 2.24) is 0 Å². The van der Waals surface area contributed by atoms with E-state index in [4.69, 9.17) is 0 Å². The number of hydrogen-bond donors (Lipinski definition) is 0. The van der Waals surface area contributed by atoms with Crippen LogP contribution < -0.4 is 0 Å². The molecular formula is C35H44OS4. The van der Waals surface area contributed by atoms with Gasteiger partial charge in [0.15, 0.2) is 5.78 Å². The van der Waals surface area contributed by atoms with Crippen LogP contribution in [-0.2, 0) is 19.3 Å². The zero-order valence-corrected chi connectivity index (χ0v) is 27.6. The van der Waals surface area contributed by atoms with Crippen LogP contribution in [0.15, 0.2) is 35.7 Å². The van der Waals surface area contributed by atoms with Gasteiger partial charge in [0.2, 0.25) is 0 Å². The largest absolute Gasteiger partial charge is 0.293 e. The van der Waals surface area contributed by atoms with Crippen molar-refractivity contribution in [3.05, 3.63) is 57.3 Å². The van der Waals surface area contributed by atoms with E-state index in [0.29, 0.717) is 12.2 Å². The van der Waals surface area contributed by atoms with Crippen LogP contribution in [-0.4, -0.2) is 5.78 Å². The van der Waals surface area contributed by atoms with Crippen molar-refractivity contribution in [3.8, 4) is 29.3 Å². The molecule has 4 aromatic heterocycles. The number of carbonyl (C=O) groups is 1. The van der Waals surface area contributed by atoms with E-state index in [1.54, 1.807) is 11.3 Å². The number of Topliss-reactive ketones (excluding diaryl/α,β-unsaturated/α-hetero) is 1. The van der Waals surface area contributed by atoms with Crippen LogP contribution in [0.25, 0.3) is 29.3 Å². The van der Waals surface area contributed by atoms with Gasteiger partial charge in [-0.15, -0.1) is 45.3 Å². The van der Waals surface area contributed by atoms with Crippen LogP contribution in [0, 0.1) is 0 Å². The molecule has 0 radical (unpaired) electrons. The summed E-state index contributed by atoms with van der Waals surface area (Å²) < 4.78 is 0. The summed E-state index contributed by atoms with van der Waals surface area (Å²) in [5.74, 6) is 0.339. The first kappa shape index (κ1) is 29.9. The van der Waals surface area contributed by atoms with Gasteiger partial charge in [0.25, 0.3) is 0 Å². The number of fused-ring (bicyclic) bond motifs is 1. The highest BCUT2D eigenvalue weighted by molar-refractivity contribution is 7.28. The van der Waals surface area contributed by atoms with Gasteiger partial charge in [0.05, 0.1) is 4.88 Å². The number of unbranched alkanes of at least 4 members (excludes halogenated alkanes) is 10. The summed E-state index contributed by atoms with van der Waals surface area (Å²) in [7, 11) is 0. The third kappa shape index (κ3) is 7.45. The molecule has 0 unspecified atom stereocenters. The van der Waals surface area contributed by atoms with Gasteiger partial charge in [-0.05, 0) is 84.5 Å². The van der Waals surface area contributed by atoms with Gasteiger partial charge in [-0.2, -0.15) is 0 Å². The van der Waals surface area contributed by atoms with Crippen LogP contribution in [0.4, 0.5) is 0 Å². The van der Waals surface area contributed by atoms with E-state index in [-0.39, 0.29) is 0 Å². The molecule has 5 rings (SSSR count). The van der Waals surface area contributed by atoms with Crippen LogP contribution >= 0.6 is 45.3 Å². The number of rotatable bonds is 17. The second-order valence-electron chi connectivity index (χ2n) is 11.3. The highest BCUT2D eigenvalue weighted by Crippen LogP contribution is 2.47. The second kappa shape index (κ2) is 15.1. The average molecular weight is 609 g/mol. The number of ketones is 1. The van der Waals surface area contributed by atoms with Crippen molar-refractivity contribution in [2.75, 3.05) is 0 Å². The molecule has 0 atom stereocenters. The fourth-order valence-electron chi connectivity index (χ4n) is 5.80. The Morgan fingerprint density at radius 2 is 1.18 bits per heavy atom. The summed E-state index contributed by atoms with van der Waals surface area (Å²) in [6.45, 7) is 4.58. The highest BCUT2D eigenvalue weighted by atomic mass is 32.1. The van der Waals surface area contributed by atoms with Crippen LogP contribution in [0.1, 0.15) is 124 Å². The smallest absolute Gasteiger partial charge is 0.173 e. The summed E-state index contributed by atoms with van der Waals surface area (Å²) in [4.78, 5) is 21.7. The molecule has 1 nitrogen and oxygen atoms in total. The molecule has 40 heavy (non-hydrogen) atoms. The minimum Gasteiger partial charge on any atom is -0.293 e. The maximum Gasteiger partial charge on any atom is 0.173 e. The minimum atomic E-state index is 0.339. The summed E-state index contributed by atoms with van der Waals surface area (Å²) in [6, 6.07) is 11.8. The standard InChI is InChI=1S/C35H44OS4/c1-3-5-7-9-11-13-15-25-21-22-37-34(25)29-19-20-30(38-29)35-26(16-14-12-10-8-6-4-2)23-32(40-35)31-24-27-17-18-28(36)33(27)39-31/h19-24H,3-18H2,1-2H3. The third-order valence-corrected chi connectivity index (χ3v) is 13.1. The lowest BCUT2D eigenvalue weighted by Crippen LogP contribution is -1.86. The van der Waals surface area contributed by atoms with Gasteiger partial charge in [-0.1, -0.05) is 78.1 Å². The van der Waals surface area contributed by atoms with E-state index in [1.165, 1.54) is 129 Å². The van der Waals surface area contributed by atoms with E-state index >= 15 is 0 Å². The van der Waals surface area contributed by atoms with Crippen molar-refractivity contribution in [2.45, 2.75) is 117 Å². The Bertz CT molecular complexity index is 1360. The summed E-state index contributed by atoms with van der Waals surface area (Å²) in [5, 5.41) is 2.28. The monoisotopic (exact) mass is 608 g/mol. The lowest BCUT2D eigenvalue weighted by Gasteiger charge is -2.04. The highest BCUT2D eigenvalue weighted by Gasteiger charge is 2.24. The molecule has 0 spiro atoms. The fraction of sp³-hybridized carbons (Fsp3) is 0.514. The van der Waals surface area contributed by atoms with Gasteiger partial charge >= 0.3 is 0 Å². The molecule has 1 aliphatic carbocycles. The molecule has 4 heterocycles. The molecule has 0 aromatic carbocycles. The van der Waals surface area contributed by atoms with Crippen LogP contribution in [0.5, 0.6) is 0 Å². The molecule has 5 heteroatoms. The third-order valence-electron chi connectivity index (χ3n) is 8.14. The minimum absolute atomic E-state index is 0.339. The molecule has 0 saturated heterocycles.